The van der Waals surface area contributed by atoms with Gasteiger partial charge in [0.05, 0.1) is 18.5 Å². The van der Waals surface area contributed by atoms with Gasteiger partial charge in [-0.05, 0) is 26.0 Å². The molecule has 0 atom stereocenters. The summed E-state index contributed by atoms with van der Waals surface area (Å²) in [5.41, 5.74) is 2.90. The van der Waals surface area contributed by atoms with Gasteiger partial charge in [0.25, 0.3) is 0 Å². The third kappa shape index (κ3) is 3.72. The SMILES string of the molecule is COc1cc(C)nc(COc2ccccc2/C(C)=N/O)c1. The minimum Gasteiger partial charge on any atom is -0.497 e. The Morgan fingerprint density at radius 3 is 2.76 bits per heavy atom. The molecular formula is C16H18N2O3. The van der Waals surface area contributed by atoms with E-state index in [1.165, 1.54) is 0 Å². The summed E-state index contributed by atoms with van der Waals surface area (Å²) >= 11 is 0. The van der Waals surface area contributed by atoms with Crippen LogP contribution in [0.5, 0.6) is 11.5 Å². The summed E-state index contributed by atoms with van der Waals surface area (Å²) in [5, 5.41) is 12.1. The number of rotatable bonds is 5. The average molecular weight is 286 g/mol. The fourth-order valence-electron chi connectivity index (χ4n) is 1.99. The molecule has 0 saturated heterocycles. The Balaban J connectivity index is 2.19. The number of methoxy groups -OCH3 is 1. The van der Waals surface area contributed by atoms with Crippen LogP contribution in [0.15, 0.2) is 41.6 Å². The Labute approximate surface area is 123 Å². The average Bonchev–Trinajstić information content (AvgIpc) is 2.51. The lowest BCUT2D eigenvalue weighted by Gasteiger charge is -2.11. The predicted molar refractivity (Wildman–Crippen MR) is 80.3 cm³/mol. The van der Waals surface area contributed by atoms with E-state index >= 15 is 0 Å². The maximum atomic E-state index is 8.91. The second-order valence-electron chi connectivity index (χ2n) is 4.61. The van der Waals surface area contributed by atoms with Crippen LogP contribution in [0.4, 0.5) is 0 Å². The lowest BCUT2D eigenvalue weighted by atomic mass is 10.1. The van der Waals surface area contributed by atoms with Gasteiger partial charge >= 0.3 is 0 Å². The van der Waals surface area contributed by atoms with E-state index in [4.69, 9.17) is 14.7 Å². The van der Waals surface area contributed by atoms with E-state index in [1.807, 2.05) is 43.3 Å². The predicted octanol–water partition coefficient (Wildman–Crippen LogP) is 3.18. The molecule has 0 unspecified atom stereocenters. The van der Waals surface area contributed by atoms with E-state index in [2.05, 4.69) is 10.1 Å². The molecule has 0 saturated carbocycles. The van der Waals surface area contributed by atoms with Crippen molar-refractivity contribution in [2.24, 2.45) is 5.16 Å². The van der Waals surface area contributed by atoms with Gasteiger partial charge in [-0.1, -0.05) is 17.3 Å². The standard InChI is InChI=1S/C16H18N2O3/c1-11-8-14(20-3)9-13(17-11)10-21-16-7-5-4-6-15(16)12(2)18-19/h4-9,19H,10H2,1-3H3/b18-12+. The van der Waals surface area contributed by atoms with Crippen LogP contribution in [0, 0.1) is 6.92 Å². The van der Waals surface area contributed by atoms with Crippen LogP contribution in [-0.4, -0.2) is 23.0 Å². The quantitative estimate of drug-likeness (QED) is 0.521. The van der Waals surface area contributed by atoms with Gasteiger partial charge in [0, 0.05) is 23.4 Å². The van der Waals surface area contributed by atoms with Crippen molar-refractivity contribution in [3.05, 3.63) is 53.3 Å². The smallest absolute Gasteiger partial charge is 0.130 e. The summed E-state index contributed by atoms with van der Waals surface area (Å²) in [5.74, 6) is 1.40. The molecule has 0 radical (unpaired) electrons. The zero-order chi connectivity index (χ0) is 15.2. The van der Waals surface area contributed by atoms with E-state index in [0.29, 0.717) is 18.1 Å². The van der Waals surface area contributed by atoms with Crippen molar-refractivity contribution in [1.29, 1.82) is 0 Å². The van der Waals surface area contributed by atoms with Gasteiger partial charge in [0.15, 0.2) is 0 Å². The van der Waals surface area contributed by atoms with Crippen molar-refractivity contribution in [1.82, 2.24) is 4.98 Å². The number of hydrogen-bond donors (Lipinski definition) is 1. The highest BCUT2D eigenvalue weighted by atomic mass is 16.5. The van der Waals surface area contributed by atoms with Gasteiger partial charge in [0.1, 0.15) is 18.1 Å². The van der Waals surface area contributed by atoms with Crippen LogP contribution in [-0.2, 0) is 6.61 Å². The minimum atomic E-state index is 0.313. The van der Waals surface area contributed by atoms with Gasteiger partial charge in [0.2, 0.25) is 0 Å². The highest BCUT2D eigenvalue weighted by molar-refractivity contribution is 6.00. The first-order chi connectivity index (χ1) is 10.1. The largest absolute Gasteiger partial charge is 0.497 e. The number of aromatic nitrogens is 1. The molecule has 0 spiro atoms. The van der Waals surface area contributed by atoms with Crippen LogP contribution in [0.25, 0.3) is 0 Å². The minimum absolute atomic E-state index is 0.313. The number of ether oxygens (including phenoxy) is 2. The molecule has 1 aromatic heterocycles. The summed E-state index contributed by atoms with van der Waals surface area (Å²) in [6.07, 6.45) is 0. The Bertz CT molecular complexity index is 654. The molecule has 1 aromatic carbocycles. The maximum absolute atomic E-state index is 8.91. The molecule has 1 N–H and O–H groups in total. The lowest BCUT2D eigenvalue weighted by Crippen LogP contribution is -2.04. The number of para-hydroxylation sites is 1. The number of benzene rings is 1. The molecule has 5 nitrogen and oxygen atoms in total. The third-order valence-electron chi connectivity index (χ3n) is 3.02. The first kappa shape index (κ1) is 14.8. The zero-order valence-electron chi connectivity index (χ0n) is 12.3. The summed E-state index contributed by atoms with van der Waals surface area (Å²) in [4.78, 5) is 4.41. The van der Waals surface area contributed by atoms with Crippen molar-refractivity contribution < 1.29 is 14.7 Å². The van der Waals surface area contributed by atoms with Crippen LogP contribution in [0.3, 0.4) is 0 Å². The molecule has 1 heterocycles. The molecule has 2 aromatic rings. The fourth-order valence-corrected chi connectivity index (χ4v) is 1.99. The van der Waals surface area contributed by atoms with Gasteiger partial charge in [-0.3, -0.25) is 4.98 Å². The highest BCUT2D eigenvalue weighted by Crippen LogP contribution is 2.21. The molecule has 110 valence electrons. The van der Waals surface area contributed by atoms with Gasteiger partial charge in [-0.15, -0.1) is 0 Å². The van der Waals surface area contributed by atoms with Crippen LogP contribution in [0.1, 0.15) is 23.9 Å². The van der Waals surface area contributed by atoms with Gasteiger partial charge in [-0.2, -0.15) is 0 Å². The number of aryl methyl sites for hydroxylation is 1. The first-order valence-corrected chi connectivity index (χ1v) is 6.56. The van der Waals surface area contributed by atoms with E-state index in [9.17, 15) is 0 Å². The fraction of sp³-hybridized carbons (Fsp3) is 0.250. The molecule has 2 rings (SSSR count). The highest BCUT2D eigenvalue weighted by Gasteiger charge is 2.08. The normalized spacial score (nSPS) is 11.3. The van der Waals surface area contributed by atoms with Crippen LogP contribution in [0.2, 0.25) is 0 Å². The number of pyridine rings is 1. The molecule has 5 heteroatoms. The Morgan fingerprint density at radius 1 is 1.29 bits per heavy atom. The number of hydrogen-bond acceptors (Lipinski definition) is 5. The van der Waals surface area contributed by atoms with Crippen molar-refractivity contribution in [3.63, 3.8) is 0 Å². The van der Waals surface area contributed by atoms with E-state index < -0.39 is 0 Å². The number of nitrogens with zero attached hydrogens (tertiary/aromatic N) is 2. The summed E-state index contributed by atoms with van der Waals surface area (Å²) in [6, 6.07) is 11.1. The molecular weight excluding hydrogens is 268 g/mol. The van der Waals surface area contributed by atoms with Crippen molar-refractivity contribution in [2.45, 2.75) is 20.5 Å². The molecule has 0 aliphatic heterocycles. The van der Waals surface area contributed by atoms with Gasteiger partial charge < -0.3 is 14.7 Å². The lowest BCUT2D eigenvalue weighted by molar-refractivity contribution is 0.297. The first-order valence-electron chi connectivity index (χ1n) is 6.56. The third-order valence-corrected chi connectivity index (χ3v) is 3.02. The molecule has 0 bridgehead atoms. The molecule has 21 heavy (non-hydrogen) atoms. The molecule has 0 fully saturated rings. The monoisotopic (exact) mass is 286 g/mol. The summed E-state index contributed by atoms with van der Waals surface area (Å²) < 4.78 is 11.0. The van der Waals surface area contributed by atoms with E-state index in [0.717, 1.165) is 22.7 Å². The van der Waals surface area contributed by atoms with Gasteiger partial charge in [-0.25, -0.2) is 0 Å². The second-order valence-corrected chi connectivity index (χ2v) is 4.61. The Kier molecular flexibility index (Phi) is 4.77. The summed E-state index contributed by atoms with van der Waals surface area (Å²) in [6.45, 7) is 3.94. The Morgan fingerprint density at radius 2 is 2.05 bits per heavy atom. The van der Waals surface area contributed by atoms with E-state index in [1.54, 1.807) is 14.0 Å². The van der Waals surface area contributed by atoms with Crippen molar-refractivity contribution >= 4 is 5.71 Å². The van der Waals surface area contributed by atoms with Crippen molar-refractivity contribution in [3.8, 4) is 11.5 Å². The topological polar surface area (TPSA) is 63.9 Å². The second kappa shape index (κ2) is 6.74. The maximum Gasteiger partial charge on any atom is 0.130 e. The zero-order valence-corrected chi connectivity index (χ0v) is 12.3. The van der Waals surface area contributed by atoms with E-state index in [-0.39, 0.29) is 0 Å². The molecule has 0 aliphatic carbocycles. The number of oxime groups is 1. The van der Waals surface area contributed by atoms with Crippen molar-refractivity contribution in [2.75, 3.05) is 7.11 Å². The Hall–Kier alpha value is -2.56. The van der Waals surface area contributed by atoms with Crippen LogP contribution < -0.4 is 9.47 Å². The summed E-state index contributed by atoms with van der Waals surface area (Å²) in [7, 11) is 1.62. The molecule has 0 amide bonds. The molecule has 0 aliphatic rings. The van der Waals surface area contributed by atoms with Crippen LogP contribution >= 0.6 is 0 Å².